The largest absolute Gasteiger partial charge is 0.469 e. The standard InChI is InChI=1S/C25H26ClF3N2O5/c1-35-23(33)3-2-13-30(16-17-4-8-19(26)9-5-17)22(32)15-20-12-14-31(20)24(34)36-21-10-6-18(7-11-21)25(27,28)29/h4-11,20H,2-3,12-16H2,1H3. The lowest BCUT2D eigenvalue weighted by Gasteiger charge is -2.40. The van der Waals surface area contributed by atoms with Crippen LogP contribution in [0.25, 0.3) is 0 Å². The Morgan fingerprint density at radius 1 is 1.08 bits per heavy atom. The fraction of sp³-hybridized carbons (Fsp3) is 0.400. The molecule has 2 aromatic rings. The maximum atomic E-state index is 13.1. The van der Waals surface area contributed by atoms with Gasteiger partial charge in [0.1, 0.15) is 5.75 Å². The molecular weight excluding hydrogens is 501 g/mol. The first-order valence-electron chi connectivity index (χ1n) is 11.3. The molecule has 0 aliphatic carbocycles. The average Bonchev–Trinajstić information content (AvgIpc) is 2.81. The van der Waals surface area contributed by atoms with Crippen LogP contribution in [0.15, 0.2) is 48.5 Å². The Balaban J connectivity index is 1.59. The molecule has 0 radical (unpaired) electrons. The molecule has 0 saturated carbocycles. The lowest BCUT2D eigenvalue weighted by molar-refractivity contribution is -0.141. The second-order valence-corrected chi connectivity index (χ2v) is 8.79. The van der Waals surface area contributed by atoms with Crippen LogP contribution in [0.2, 0.25) is 5.02 Å². The molecule has 194 valence electrons. The fourth-order valence-electron chi connectivity index (χ4n) is 3.71. The van der Waals surface area contributed by atoms with E-state index in [0.29, 0.717) is 37.5 Å². The van der Waals surface area contributed by atoms with Crippen LogP contribution >= 0.6 is 11.6 Å². The summed E-state index contributed by atoms with van der Waals surface area (Å²) in [6, 6.07) is 10.5. The monoisotopic (exact) mass is 526 g/mol. The quantitative estimate of drug-likeness (QED) is 0.414. The second kappa shape index (κ2) is 12.1. The zero-order valence-electron chi connectivity index (χ0n) is 19.6. The summed E-state index contributed by atoms with van der Waals surface area (Å²) in [6.07, 6.45) is -4.00. The highest BCUT2D eigenvalue weighted by molar-refractivity contribution is 6.30. The van der Waals surface area contributed by atoms with Crippen molar-refractivity contribution in [1.82, 2.24) is 9.80 Å². The predicted octanol–water partition coefficient (Wildman–Crippen LogP) is 5.30. The van der Waals surface area contributed by atoms with Gasteiger partial charge in [0.2, 0.25) is 5.91 Å². The highest BCUT2D eigenvalue weighted by atomic mass is 35.5. The summed E-state index contributed by atoms with van der Waals surface area (Å²) in [4.78, 5) is 40.1. The zero-order chi connectivity index (χ0) is 26.3. The zero-order valence-corrected chi connectivity index (χ0v) is 20.3. The Labute approximate surface area is 211 Å². The Morgan fingerprint density at radius 2 is 1.75 bits per heavy atom. The minimum Gasteiger partial charge on any atom is -0.469 e. The molecule has 0 spiro atoms. The number of esters is 1. The Kier molecular flexibility index (Phi) is 9.19. The van der Waals surface area contributed by atoms with E-state index in [1.807, 2.05) is 0 Å². The molecule has 1 aliphatic heterocycles. The topological polar surface area (TPSA) is 76.2 Å². The molecule has 1 saturated heterocycles. The Bertz CT molecular complexity index is 1060. The molecule has 3 rings (SSSR count). The van der Waals surface area contributed by atoms with E-state index in [1.54, 1.807) is 29.2 Å². The number of benzene rings is 2. The van der Waals surface area contributed by atoms with Crippen molar-refractivity contribution in [2.24, 2.45) is 0 Å². The van der Waals surface area contributed by atoms with E-state index < -0.39 is 23.9 Å². The van der Waals surface area contributed by atoms with Crippen molar-refractivity contribution in [1.29, 1.82) is 0 Å². The van der Waals surface area contributed by atoms with Gasteiger partial charge < -0.3 is 19.3 Å². The molecule has 1 fully saturated rings. The van der Waals surface area contributed by atoms with E-state index in [2.05, 4.69) is 4.74 Å². The highest BCUT2D eigenvalue weighted by Crippen LogP contribution is 2.31. The van der Waals surface area contributed by atoms with Crippen molar-refractivity contribution in [3.63, 3.8) is 0 Å². The normalized spacial score (nSPS) is 15.1. The van der Waals surface area contributed by atoms with Gasteiger partial charge in [-0.1, -0.05) is 23.7 Å². The maximum Gasteiger partial charge on any atom is 0.416 e. The van der Waals surface area contributed by atoms with Crippen LogP contribution in [0.1, 0.15) is 36.8 Å². The number of methoxy groups -OCH3 is 1. The van der Waals surface area contributed by atoms with E-state index in [0.717, 1.165) is 29.8 Å². The molecule has 0 aromatic heterocycles. The third kappa shape index (κ3) is 7.61. The van der Waals surface area contributed by atoms with E-state index in [9.17, 15) is 27.6 Å². The molecule has 2 aromatic carbocycles. The number of hydrogen-bond donors (Lipinski definition) is 0. The van der Waals surface area contributed by atoms with E-state index in [4.69, 9.17) is 16.3 Å². The number of rotatable bonds is 9. The van der Waals surface area contributed by atoms with Gasteiger partial charge in [-0.25, -0.2) is 4.79 Å². The summed E-state index contributed by atoms with van der Waals surface area (Å²) in [6.45, 7) is 0.996. The highest BCUT2D eigenvalue weighted by Gasteiger charge is 2.36. The summed E-state index contributed by atoms with van der Waals surface area (Å²) in [5.74, 6) is -0.589. The van der Waals surface area contributed by atoms with Crippen LogP contribution in [0.4, 0.5) is 18.0 Å². The van der Waals surface area contributed by atoms with Crippen LogP contribution in [0.3, 0.4) is 0 Å². The van der Waals surface area contributed by atoms with Gasteiger partial charge in [-0.3, -0.25) is 9.59 Å². The summed E-state index contributed by atoms with van der Waals surface area (Å²) < 4.78 is 48.0. The SMILES string of the molecule is COC(=O)CCCN(Cc1ccc(Cl)cc1)C(=O)CC1CCN1C(=O)Oc1ccc(C(F)(F)F)cc1. The number of carbonyl (C=O) groups excluding carboxylic acids is 3. The molecule has 0 bridgehead atoms. The van der Waals surface area contributed by atoms with Crippen molar-refractivity contribution >= 4 is 29.6 Å². The van der Waals surface area contributed by atoms with Crippen LogP contribution in [0.5, 0.6) is 5.75 Å². The van der Waals surface area contributed by atoms with Gasteiger partial charge in [-0.15, -0.1) is 0 Å². The number of halogens is 4. The van der Waals surface area contributed by atoms with Gasteiger partial charge in [0.25, 0.3) is 0 Å². The molecule has 0 N–H and O–H groups in total. The molecule has 1 aliphatic rings. The van der Waals surface area contributed by atoms with Crippen LogP contribution < -0.4 is 4.74 Å². The molecule has 1 heterocycles. The molecule has 36 heavy (non-hydrogen) atoms. The fourth-order valence-corrected chi connectivity index (χ4v) is 3.84. The van der Waals surface area contributed by atoms with Crippen LogP contribution in [0, 0.1) is 0 Å². The van der Waals surface area contributed by atoms with Gasteiger partial charge in [0.15, 0.2) is 0 Å². The van der Waals surface area contributed by atoms with Gasteiger partial charge in [-0.05, 0) is 54.8 Å². The number of nitrogens with zero attached hydrogens (tertiary/aromatic N) is 2. The summed E-state index contributed by atoms with van der Waals surface area (Å²) >= 11 is 5.94. The molecule has 1 unspecified atom stereocenters. The number of ether oxygens (including phenoxy) is 2. The van der Waals surface area contributed by atoms with Gasteiger partial charge >= 0.3 is 18.2 Å². The van der Waals surface area contributed by atoms with Crippen molar-refractivity contribution in [2.75, 3.05) is 20.2 Å². The summed E-state index contributed by atoms with van der Waals surface area (Å²) in [7, 11) is 1.30. The Morgan fingerprint density at radius 3 is 2.31 bits per heavy atom. The van der Waals surface area contributed by atoms with Crippen molar-refractivity contribution < 1.29 is 37.0 Å². The van der Waals surface area contributed by atoms with E-state index in [-0.39, 0.29) is 30.5 Å². The van der Waals surface area contributed by atoms with Gasteiger partial charge in [0, 0.05) is 43.5 Å². The first-order chi connectivity index (χ1) is 17.1. The summed E-state index contributed by atoms with van der Waals surface area (Å²) in [5, 5.41) is 0.569. The molecule has 11 heteroatoms. The second-order valence-electron chi connectivity index (χ2n) is 8.35. The first kappa shape index (κ1) is 27.3. The maximum absolute atomic E-state index is 13.1. The van der Waals surface area contributed by atoms with Gasteiger partial charge in [-0.2, -0.15) is 13.2 Å². The molecular formula is C25H26ClF3N2O5. The number of hydrogen-bond acceptors (Lipinski definition) is 5. The molecule has 7 nitrogen and oxygen atoms in total. The smallest absolute Gasteiger partial charge is 0.416 e. The summed E-state index contributed by atoms with van der Waals surface area (Å²) in [5.41, 5.74) is 0.0145. The minimum atomic E-state index is -4.49. The van der Waals surface area contributed by atoms with Crippen molar-refractivity contribution in [2.45, 2.75) is 44.4 Å². The average molecular weight is 527 g/mol. The minimum absolute atomic E-state index is 0.0165. The first-order valence-corrected chi connectivity index (χ1v) is 11.7. The lowest BCUT2D eigenvalue weighted by atomic mass is 9.99. The number of likely N-dealkylation sites (tertiary alicyclic amines) is 1. The van der Waals surface area contributed by atoms with Crippen molar-refractivity contribution in [3.05, 3.63) is 64.7 Å². The Hall–Kier alpha value is -3.27. The van der Waals surface area contributed by atoms with Crippen LogP contribution in [-0.2, 0) is 27.0 Å². The number of amides is 2. The van der Waals surface area contributed by atoms with E-state index >= 15 is 0 Å². The number of carbonyl (C=O) groups is 3. The lowest BCUT2D eigenvalue weighted by Crippen LogP contribution is -2.54. The van der Waals surface area contributed by atoms with Crippen molar-refractivity contribution in [3.8, 4) is 5.75 Å². The molecule has 1 atom stereocenters. The third-order valence-corrected chi connectivity index (χ3v) is 6.10. The van der Waals surface area contributed by atoms with Crippen LogP contribution in [-0.4, -0.2) is 54.0 Å². The van der Waals surface area contributed by atoms with Gasteiger partial charge in [0.05, 0.1) is 12.7 Å². The number of alkyl halides is 3. The van der Waals surface area contributed by atoms with E-state index in [1.165, 1.54) is 12.0 Å². The predicted molar refractivity (Wildman–Crippen MR) is 125 cm³/mol. The molecule has 2 amide bonds. The third-order valence-electron chi connectivity index (χ3n) is 5.85.